The molecular formula is C88H103Cl10N33O14. The first-order chi connectivity index (χ1) is 68.9. The third-order valence-electron chi connectivity index (χ3n) is 21.6. The van der Waals surface area contributed by atoms with Crippen LogP contribution in [0.4, 0.5) is 129 Å². The second-order valence-electron chi connectivity index (χ2n) is 30.6. The van der Waals surface area contributed by atoms with Crippen LogP contribution >= 0.6 is 116 Å². The van der Waals surface area contributed by atoms with E-state index in [0.717, 1.165) is 6.08 Å². The molecule has 12 aromatic rings. The summed E-state index contributed by atoms with van der Waals surface area (Å²) in [5.41, 5.74) is 28.3. The second kappa shape index (κ2) is 49.9. The Labute approximate surface area is 882 Å². The molecule has 0 fully saturated rings. The van der Waals surface area contributed by atoms with E-state index in [2.05, 4.69) is 114 Å². The number of amides is 9. The van der Waals surface area contributed by atoms with Crippen LogP contribution < -0.4 is 121 Å². The van der Waals surface area contributed by atoms with Gasteiger partial charge in [0.05, 0.1) is 130 Å². The number of hydrogen-bond donors (Lipinski definition) is 8. The van der Waals surface area contributed by atoms with Crippen molar-refractivity contribution in [3.63, 3.8) is 0 Å². The van der Waals surface area contributed by atoms with Gasteiger partial charge < -0.3 is 87.0 Å². The molecule has 0 aliphatic carbocycles. The Morgan fingerprint density at radius 2 is 0.690 bits per heavy atom. The molecule has 16 rings (SSSR count). The van der Waals surface area contributed by atoms with Crippen LogP contribution in [0.15, 0.2) is 86.5 Å². The zero-order valence-corrected chi connectivity index (χ0v) is 89.4. The molecule has 145 heavy (non-hydrogen) atoms. The number of halogens is 10. The van der Waals surface area contributed by atoms with Gasteiger partial charge in [0, 0.05) is 140 Å². The van der Waals surface area contributed by atoms with Crippen molar-refractivity contribution >= 4 is 261 Å². The number of benzene rings is 4. The molecule has 0 unspecified atom stereocenters. The molecule has 47 nitrogen and oxygen atoms in total. The Hall–Kier alpha value is -14.1. The Morgan fingerprint density at radius 3 is 0.938 bits per heavy atom. The molecule has 0 atom stereocenters. The van der Waals surface area contributed by atoms with Crippen LogP contribution in [0, 0.1) is 0 Å². The Kier molecular flexibility index (Phi) is 38.8. The second-order valence-corrected chi connectivity index (χ2v) is 34.4. The fourth-order valence-corrected chi connectivity index (χ4v) is 17.0. The lowest BCUT2D eigenvalue weighted by Gasteiger charge is -2.35. The van der Waals surface area contributed by atoms with Crippen molar-refractivity contribution in [2.75, 3.05) is 188 Å². The van der Waals surface area contributed by atoms with Crippen LogP contribution in [-0.4, -0.2) is 224 Å². The lowest BCUT2D eigenvalue weighted by Crippen LogP contribution is -2.46. The van der Waals surface area contributed by atoms with Gasteiger partial charge in [-0.05, 0) is 48.9 Å². The van der Waals surface area contributed by atoms with Crippen molar-refractivity contribution in [1.29, 1.82) is 0 Å². The molecule has 4 aromatic carbocycles. The molecule has 0 spiro atoms. The molecular weight excluding hydrogens is 2100 g/mol. The minimum Gasteiger partial charge on any atom is -0.495 e. The lowest BCUT2D eigenvalue weighted by molar-refractivity contribution is -0.112. The minimum absolute atomic E-state index is 0.0611. The summed E-state index contributed by atoms with van der Waals surface area (Å²) in [7, 11) is 25.0. The summed E-state index contributed by atoms with van der Waals surface area (Å²) in [5.74, 6) is 6.03. The Bertz CT molecular complexity index is 6530. The minimum atomic E-state index is -0.424. The monoisotopic (exact) mass is 2200 g/mol. The first-order valence-electron chi connectivity index (χ1n) is 42.9. The third kappa shape index (κ3) is 25.4. The Balaban J connectivity index is 0.000000187. The number of nitrogens with one attached hydrogen (secondary N) is 4. The van der Waals surface area contributed by atoms with Crippen molar-refractivity contribution in [2.24, 2.45) is 28.2 Å². The predicted octanol–water partition coefficient (Wildman–Crippen LogP) is 17.0. The molecule has 0 saturated carbocycles. The van der Waals surface area contributed by atoms with Gasteiger partial charge in [0.25, 0.3) is 0 Å². The van der Waals surface area contributed by atoms with Gasteiger partial charge in [0.15, 0.2) is 17.5 Å². The van der Waals surface area contributed by atoms with Crippen molar-refractivity contribution < 1.29 is 66.7 Å². The highest BCUT2D eigenvalue weighted by molar-refractivity contribution is 6.63. The molecule has 8 aromatic heterocycles. The average Bonchev–Trinajstić information content (AvgIpc) is 1.36. The van der Waals surface area contributed by atoms with Crippen LogP contribution in [0.5, 0.6) is 46.0 Å². The third-order valence-corrected chi connectivity index (χ3v) is 25.0. The zero-order chi connectivity index (χ0) is 107. The van der Waals surface area contributed by atoms with E-state index in [9.17, 15) is 28.8 Å². The van der Waals surface area contributed by atoms with Crippen LogP contribution in [0.2, 0.25) is 45.5 Å². The zero-order valence-electron chi connectivity index (χ0n) is 81.9. The van der Waals surface area contributed by atoms with E-state index in [4.69, 9.17) is 177 Å². The van der Waals surface area contributed by atoms with Gasteiger partial charge in [0.1, 0.15) is 132 Å². The number of aromatic nitrogens is 16. The average molecular weight is 2200 g/mol. The molecule has 4 aliphatic rings. The van der Waals surface area contributed by atoms with Gasteiger partial charge in [-0.25, -0.2) is 39.1 Å². The smallest absolute Gasteiger partial charge is 0.330 e. The number of nitrogens with zero attached hydrogens (tertiary/aromatic N) is 25. The SMILES string of the molecule is C=CC(=O)Nc1nn(C)cc1Nc1ncc2c(n1)N(C)C(=O)N(c1c(Cl)c(OC)cc(OC)c1Cl)C2.CCC(=O)Cl.CCN(CC)CC.COc1cc(OC)c(Cl)c(N2Cc3cnc(Cl)nc3N(C)C2=O)c1Cl.COc1cc(OC)c(Cl)c(N2Cc3cnc(Nc4cn(C)nc4N)nc3N(C)C2=O)c1Cl.COc1cc(OC)c(Cl)c(N2Cc3cnc(Nc4cnn(C)c4N)nc3N(C)C2=O)c1Cl.Cn1cc(N)c(N)n1. The predicted molar refractivity (Wildman–Crippen MR) is 565 cm³/mol. The van der Waals surface area contributed by atoms with Crippen LogP contribution in [-0.2, 0) is 64.0 Å². The summed E-state index contributed by atoms with van der Waals surface area (Å²) in [6, 6.07) is 4.66. The number of carbonyl (C=O) groups excluding carboxylic acids is 6. The number of rotatable bonds is 24. The van der Waals surface area contributed by atoms with Gasteiger partial charge >= 0.3 is 24.1 Å². The van der Waals surface area contributed by atoms with Crippen molar-refractivity contribution in [3.8, 4) is 46.0 Å². The van der Waals surface area contributed by atoms with E-state index in [1.165, 1.54) is 125 Å². The highest BCUT2D eigenvalue weighted by Crippen LogP contribution is 2.53. The number of ether oxygens (including phenoxy) is 8. The van der Waals surface area contributed by atoms with Gasteiger partial charge in [-0.2, -0.15) is 40.3 Å². The quantitative estimate of drug-likeness (QED) is 0.0158. The summed E-state index contributed by atoms with van der Waals surface area (Å²) >= 11 is 62.6. The van der Waals surface area contributed by atoms with Crippen LogP contribution in [0.3, 0.4) is 0 Å². The normalized spacial score (nSPS) is 12.7. The van der Waals surface area contributed by atoms with Gasteiger partial charge in [-0.1, -0.05) is 127 Å². The maximum Gasteiger partial charge on any atom is 0.330 e. The molecule has 0 saturated heterocycles. The molecule has 9 amide bonds. The fourth-order valence-electron chi connectivity index (χ4n) is 14.1. The first-order valence-corrected chi connectivity index (χ1v) is 46.7. The number of carbonyl (C=O) groups is 6. The summed E-state index contributed by atoms with van der Waals surface area (Å²) in [6.45, 7) is 15.8. The fraction of sp³-hybridized carbons (Fsp3) is 0.318. The number of urea groups is 4. The summed E-state index contributed by atoms with van der Waals surface area (Å²) in [5, 5.41) is 29.1. The highest BCUT2D eigenvalue weighted by Gasteiger charge is 2.41. The van der Waals surface area contributed by atoms with Crippen molar-refractivity contribution in [1.82, 2.24) is 83.9 Å². The van der Waals surface area contributed by atoms with E-state index in [1.54, 1.807) is 147 Å². The summed E-state index contributed by atoms with van der Waals surface area (Å²) in [4.78, 5) is 122. The molecule has 12 N–H and O–H groups in total. The van der Waals surface area contributed by atoms with E-state index in [0.29, 0.717) is 138 Å². The largest absolute Gasteiger partial charge is 0.495 e. The number of nitrogen functional groups attached to an aromatic ring is 4. The number of methoxy groups -OCH3 is 8. The summed E-state index contributed by atoms with van der Waals surface area (Å²) in [6.07, 6.45) is 14.5. The molecule has 0 radical (unpaired) electrons. The van der Waals surface area contributed by atoms with E-state index in [1.807, 2.05) is 0 Å². The van der Waals surface area contributed by atoms with Crippen molar-refractivity contribution in [2.45, 2.75) is 60.3 Å². The molecule has 4 aliphatic heterocycles. The lowest BCUT2D eigenvalue weighted by atomic mass is 10.2. The number of fused-ring (bicyclic) bond motifs is 4. The van der Waals surface area contributed by atoms with Gasteiger partial charge in [-0.3, -0.25) is 67.5 Å². The van der Waals surface area contributed by atoms with E-state index < -0.39 is 11.9 Å². The van der Waals surface area contributed by atoms with Gasteiger partial charge in [0.2, 0.25) is 34.3 Å². The molecule has 0 bridgehead atoms. The van der Waals surface area contributed by atoms with Gasteiger partial charge in [-0.15, -0.1) is 0 Å². The van der Waals surface area contributed by atoms with Crippen molar-refractivity contribution in [3.05, 3.63) is 154 Å². The number of aryl methyl sites for hydroxylation is 4. The van der Waals surface area contributed by atoms with Crippen LogP contribution in [0.1, 0.15) is 56.4 Å². The number of anilines is 19. The molecule has 57 heteroatoms. The molecule has 12 heterocycles. The standard InChI is InChI=1S/C22H22Cl2N8O4.2C19H20Cl2N8O3.C15H13Cl3N4O3.C6H15N.C4H8N4.C3H5ClO/c1-6-15(33)27-19-12(10-30(2)29-19)26-21-25-8-11-9-32(22(34)31(3)20(11)28-21)18-16(23)13(35-4)7-14(36-5)17(18)24;1-27-17-9(6-23-18(26-17)25-10-7-24-28(2)16(10)22)8-29(19(27)30)15-13(20)11(31-3)5-12(32-4)14(15)21;1-27-8-10(16(22)26-27)24-18-23-6-9-7-29(19(30)28(2)17(9)25-18)15-13(20)11(31-3)5-12(32-4)14(15)21;1-21-13-7(5-19-14(18)20-13)6-22(15(21)23)12-10(16)8(24-2)4-9(25-3)11(12)17;1-4-7(5-2)6-3;1-8-2-3(5)4(6)7-8;1-2-3(4)5/h6-8,10H,1,9H2,2-5H3,(H,25,26,28)(H,27,29,33);5-7H,8,22H2,1-4H3,(H,23,25,26);5-6,8H,7H2,1-4H3,(H2,22,26)(H,23,24,25);4-5H,6H2,1-3H3;4-6H2,1-3H3;2H,5H2,1H3,(H2,6,7);2H2,1H3. The summed E-state index contributed by atoms with van der Waals surface area (Å²) < 4.78 is 48.6. The van der Waals surface area contributed by atoms with Crippen LogP contribution in [0.25, 0.3) is 0 Å². The maximum atomic E-state index is 13.4. The molecule has 774 valence electrons. The van der Waals surface area contributed by atoms with E-state index >= 15 is 0 Å². The van der Waals surface area contributed by atoms with E-state index in [-0.39, 0.29) is 141 Å². The Morgan fingerprint density at radius 1 is 0.407 bits per heavy atom. The number of hydrogen-bond acceptors (Lipinski definition) is 34. The first kappa shape index (κ1) is 113. The highest BCUT2D eigenvalue weighted by atomic mass is 35.5. The number of nitrogens with two attached hydrogens (primary N) is 4. The maximum absolute atomic E-state index is 13.4. The topological polar surface area (TPSA) is 532 Å².